The Morgan fingerprint density at radius 3 is 2.30 bits per heavy atom. The first-order valence-corrected chi connectivity index (χ1v) is 10.9. The first kappa shape index (κ1) is 21.3. The second-order valence-electron chi connectivity index (χ2n) is 7.30. The molecule has 8 heteroatoms. The highest BCUT2D eigenvalue weighted by molar-refractivity contribution is 7.90. The molecule has 0 saturated heterocycles. The lowest BCUT2D eigenvalue weighted by molar-refractivity contribution is -0.133. The van der Waals surface area contributed by atoms with Crippen molar-refractivity contribution in [3.05, 3.63) is 30.1 Å². The number of rotatable bonds is 9. The van der Waals surface area contributed by atoms with E-state index in [9.17, 15) is 22.4 Å². The quantitative estimate of drug-likeness (QED) is 0.649. The van der Waals surface area contributed by atoms with Crippen LogP contribution in [0.3, 0.4) is 0 Å². The van der Waals surface area contributed by atoms with E-state index in [0.717, 1.165) is 12.8 Å². The molecule has 0 bridgehead atoms. The molecule has 0 aliphatic heterocycles. The number of nitrogens with zero attached hydrogens (tertiary/aromatic N) is 1. The van der Waals surface area contributed by atoms with E-state index < -0.39 is 33.6 Å². The summed E-state index contributed by atoms with van der Waals surface area (Å²) in [6.45, 7) is 5.29. The predicted octanol–water partition coefficient (Wildman–Crippen LogP) is 2.84. The second kappa shape index (κ2) is 8.82. The van der Waals surface area contributed by atoms with Crippen molar-refractivity contribution in [2.45, 2.75) is 52.5 Å². The Bertz CT molecular complexity index is 773. The van der Waals surface area contributed by atoms with Gasteiger partial charge in [0.05, 0.1) is 5.75 Å². The topological polar surface area (TPSA) is 83.5 Å². The van der Waals surface area contributed by atoms with Gasteiger partial charge in [0.15, 0.2) is 0 Å². The number of carbonyl (C=O) groups is 2. The molecule has 1 aromatic carbocycles. The minimum Gasteiger partial charge on any atom is -0.309 e. The van der Waals surface area contributed by atoms with Gasteiger partial charge >= 0.3 is 0 Å². The molecule has 1 fully saturated rings. The lowest BCUT2D eigenvalue weighted by Gasteiger charge is -2.30. The summed E-state index contributed by atoms with van der Waals surface area (Å²) in [6, 6.07) is 5.18. The third-order valence-electron chi connectivity index (χ3n) is 4.47. The Kier molecular flexibility index (Phi) is 6.97. The van der Waals surface area contributed by atoms with Gasteiger partial charge in [-0.2, -0.15) is 0 Å². The van der Waals surface area contributed by atoms with Crippen LogP contribution in [-0.2, 0) is 19.6 Å². The number of hydrogen-bond donors (Lipinski definition) is 1. The van der Waals surface area contributed by atoms with E-state index in [0.29, 0.717) is 18.5 Å². The van der Waals surface area contributed by atoms with E-state index in [1.807, 2.05) is 0 Å². The SMILES string of the molecule is CCCS(=O)(=O)NC(=O)C(CC1CC1)C(=O)N(c1ccc(F)cc1)C(C)C. The molecule has 0 radical (unpaired) electrons. The van der Waals surface area contributed by atoms with E-state index in [1.54, 1.807) is 20.8 Å². The monoisotopic (exact) mass is 398 g/mol. The molecular weight excluding hydrogens is 371 g/mol. The number of hydrogen-bond acceptors (Lipinski definition) is 4. The third-order valence-corrected chi connectivity index (χ3v) is 5.93. The maximum absolute atomic E-state index is 13.2. The average molecular weight is 399 g/mol. The molecule has 6 nitrogen and oxygen atoms in total. The lowest BCUT2D eigenvalue weighted by Crippen LogP contribution is -2.48. The lowest BCUT2D eigenvalue weighted by atomic mass is 9.98. The standard InChI is InChI=1S/C19H27FN2O4S/c1-4-11-27(25,26)21-18(23)17(12-14-5-6-14)19(24)22(13(2)3)16-9-7-15(20)8-10-16/h7-10,13-14,17H,4-6,11-12H2,1-3H3,(H,21,23). The fourth-order valence-electron chi connectivity index (χ4n) is 3.00. The fourth-order valence-corrected chi connectivity index (χ4v) is 4.09. The summed E-state index contributed by atoms with van der Waals surface area (Å²) in [6.07, 6.45) is 2.54. The van der Waals surface area contributed by atoms with E-state index >= 15 is 0 Å². The highest BCUT2D eigenvalue weighted by atomic mass is 32.2. The molecule has 150 valence electrons. The Morgan fingerprint density at radius 1 is 1.22 bits per heavy atom. The van der Waals surface area contributed by atoms with Crippen LogP contribution in [0.2, 0.25) is 0 Å². The smallest absolute Gasteiger partial charge is 0.246 e. The van der Waals surface area contributed by atoms with Crippen molar-refractivity contribution >= 4 is 27.5 Å². The first-order chi connectivity index (χ1) is 12.6. The van der Waals surface area contributed by atoms with Crippen molar-refractivity contribution in [1.82, 2.24) is 4.72 Å². The fraction of sp³-hybridized carbons (Fsp3) is 0.579. The summed E-state index contributed by atoms with van der Waals surface area (Å²) in [5.41, 5.74) is 0.474. The Balaban J connectivity index is 2.28. The maximum atomic E-state index is 13.2. The number of halogens is 1. The van der Waals surface area contributed by atoms with Crippen molar-refractivity contribution in [2.24, 2.45) is 11.8 Å². The molecule has 0 aromatic heterocycles. The molecule has 2 amide bonds. The van der Waals surface area contributed by atoms with Crippen LogP contribution in [0, 0.1) is 17.7 Å². The van der Waals surface area contributed by atoms with Gasteiger partial charge in [0.2, 0.25) is 21.8 Å². The van der Waals surface area contributed by atoms with Gasteiger partial charge in [-0.05, 0) is 56.9 Å². The van der Waals surface area contributed by atoms with E-state index in [-0.39, 0.29) is 17.7 Å². The largest absolute Gasteiger partial charge is 0.309 e. The van der Waals surface area contributed by atoms with Crippen molar-refractivity contribution in [2.75, 3.05) is 10.7 Å². The summed E-state index contributed by atoms with van der Waals surface area (Å²) in [4.78, 5) is 27.3. The van der Waals surface area contributed by atoms with Gasteiger partial charge in [0.25, 0.3) is 0 Å². The molecule has 1 unspecified atom stereocenters. The maximum Gasteiger partial charge on any atom is 0.246 e. The second-order valence-corrected chi connectivity index (χ2v) is 9.14. The number of benzene rings is 1. The molecule has 2 rings (SSSR count). The highest BCUT2D eigenvalue weighted by Crippen LogP contribution is 2.36. The molecule has 1 saturated carbocycles. The van der Waals surface area contributed by atoms with Gasteiger partial charge in [0.1, 0.15) is 11.7 Å². The van der Waals surface area contributed by atoms with Crippen LogP contribution >= 0.6 is 0 Å². The third kappa shape index (κ3) is 6.02. The zero-order chi connectivity index (χ0) is 20.2. The molecule has 1 aromatic rings. The predicted molar refractivity (Wildman–Crippen MR) is 102 cm³/mol. The van der Waals surface area contributed by atoms with Crippen molar-refractivity contribution < 1.29 is 22.4 Å². The minimum absolute atomic E-state index is 0.172. The van der Waals surface area contributed by atoms with Crippen molar-refractivity contribution in [3.63, 3.8) is 0 Å². The van der Waals surface area contributed by atoms with Crippen molar-refractivity contribution in [1.29, 1.82) is 0 Å². The number of carbonyl (C=O) groups excluding carboxylic acids is 2. The van der Waals surface area contributed by atoms with Gasteiger partial charge < -0.3 is 4.90 Å². The van der Waals surface area contributed by atoms with Crippen LogP contribution in [0.4, 0.5) is 10.1 Å². The molecule has 0 spiro atoms. The Morgan fingerprint density at radius 2 is 1.81 bits per heavy atom. The summed E-state index contributed by atoms with van der Waals surface area (Å²) < 4.78 is 39.3. The van der Waals surface area contributed by atoms with Crippen LogP contribution in [0.15, 0.2) is 24.3 Å². The van der Waals surface area contributed by atoms with Crippen LogP contribution < -0.4 is 9.62 Å². The first-order valence-electron chi connectivity index (χ1n) is 9.27. The van der Waals surface area contributed by atoms with E-state index in [1.165, 1.54) is 29.2 Å². The van der Waals surface area contributed by atoms with Gasteiger partial charge in [-0.3, -0.25) is 14.3 Å². The molecular formula is C19H27FN2O4S. The highest BCUT2D eigenvalue weighted by Gasteiger charge is 2.38. The number of anilines is 1. The molecule has 1 aliphatic rings. The molecule has 1 atom stereocenters. The van der Waals surface area contributed by atoms with Crippen LogP contribution in [0.1, 0.15) is 46.5 Å². The number of nitrogens with one attached hydrogen (secondary N) is 1. The normalized spacial score (nSPS) is 15.4. The molecule has 1 aliphatic carbocycles. The molecule has 1 N–H and O–H groups in total. The minimum atomic E-state index is -3.76. The summed E-state index contributed by atoms with van der Waals surface area (Å²) in [7, 11) is -3.76. The van der Waals surface area contributed by atoms with Crippen LogP contribution in [-0.4, -0.2) is 32.0 Å². The van der Waals surface area contributed by atoms with E-state index in [4.69, 9.17) is 0 Å². The van der Waals surface area contributed by atoms with Crippen LogP contribution in [0.25, 0.3) is 0 Å². The zero-order valence-electron chi connectivity index (χ0n) is 15.9. The molecule has 27 heavy (non-hydrogen) atoms. The Labute approximate surface area is 160 Å². The summed E-state index contributed by atoms with van der Waals surface area (Å²) >= 11 is 0. The summed E-state index contributed by atoms with van der Waals surface area (Å²) in [5, 5.41) is 0. The van der Waals surface area contributed by atoms with Gasteiger partial charge in [-0.25, -0.2) is 12.8 Å². The van der Waals surface area contributed by atoms with Gasteiger partial charge in [-0.15, -0.1) is 0 Å². The molecule has 0 heterocycles. The zero-order valence-corrected chi connectivity index (χ0v) is 16.8. The average Bonchev–Trinajstić information content (AvgIpc) is 3.37. The number of amides is 2. The van der Waals surface area contributed by atoms with Crippen molar-refractivity contribution in [3.8, 4) is 0 Å². The van der Waals surface area contributed by atoms with Gasteiger partial charge in [-0.1, -0.05) is 19.8 Å². The van der Waals surface area contributed by atoms with E-state index in [2.05, 4.69) is 4.72 Å². The Hall–Kier alpha value is -1.96. The van der Waals surface area contributed by atoms with Gasteiger partial charge in [0, 0.05) is 11.7 Å². The van der Waals surface area contributed by atoms with Crippen LogP contribution in [0.5, 0.6) is 0 Å². The number of sulfonamides is 1. The summed E-state index contributed by atoms with van der Waals surface area (Å²) in [5.74, 6) is -2.68.